The molecule has 1 amide bonds. The summed E-state index contributed by atoms with van der Waals surface area (Å²) in [5.41, 5.74) is 2.31. The number of amides is 1. The van der Waals surface area contributed by atoms with E-state index >= 15 is 0 Å². The second-order valence-electron chi connectivity index (χ2n) is 10.0. The lowest BCUT2D eigenvalue weighted by molar-refractivity contribution is 0.0273. The van der Waals surface area contributed by atoms with E-state index in [4.69, 9.17) is 9.47 Å². The number of H-pyrrole nitrogens is 1. The molecule has 1 atom stereocenters. The van der Waals surface area contributed by atoms with E-state index in [1.807, 2.05) is 49.4 Å². The summed E-state index contributed by atoms with van der Waals surface area (Å²) in [6.45, 7) is 7.48. The van der Waals surface area contributed by atoms with Crippen molar-refractivity contribution in [3.63, 3.8) is 0 Å². The maximum atomic E-state index is 14.0. The SMILES string of the molecule is Cc1ccc(S(=O)(=O)C(c2c[nH]c3ccc(OCc4ccccc4)cc23)N(C)C(=O)OC(C)(C)C)cc1. The third kappa shape index (κ3) is 5.97. The highest BCUT2D eigenvalue weighted by Crippen LogP contribution is 2.37. The van der Waals surface area contributed by atoms with E-state index < -0.39 is 26.9 Å². The van der Waals surface area contributed by atoms with E-state index in [-0.39, 0.29) is 4.90 Å². The fourth-order valence-electron chi connectivity index (χ4n) is 4.03. The smallest absolute Gasteiger partial charge is 0.411 e. The number of nitrogens with one attached hydrogen (secondary N) is 1. The average Bonchev–Trinajstić information content (AvgIpc) is 3.25. The minimum absolute atomic E-state index is 0.115. The molecule has 4 rings (SSSR count). The van der Waals surface area contributed by atoms with Crippen molar-refractivity contribution in [2.24, 2.45) is 0 Å². The molecule has 0 bridgehead atoms. The zero-order valence-electron chi connectivity index (χ0n) is 21.7. The Morgan fingerprint density at radius 2 is 1.68 bits per heavy atom. The van der Waals surface area contributed by atoms with Gasteiger partial charge in [-0.05, 0) is 63.6 Å². The molecule has 0 spiro atoms. The molecule has 4 aromatic rings. The fraction of sp³-hybridized carbons (Fsp3) is 0.276. The summed E-state index contributed by atoms with van der Waals surface area (Å²) >= 11 is 0. The Balaban J connectivity index is 1.78. The second-order valence-corrected chi connectivity index (χ2v) is 12.0. The van der Waals surface area contributed by atoms with E-state index in [1.54, 1.807) is 57.3 Å². The highest BCUT2D eigenvalue weighted by Gasteiger charge is 2.38. The number of rotatable bonds is 7. The molecule has 194 valence electrons. The maximum Gasteiger partial charge on any atom is 0.411 e. The summed E-state index contributed by atoms with van der Waals surface area (Å²) in [7, 11) is -2.59. The van der Waals surface area contributed by atoms with Crippen LogP contribution in [0.15, 0.2) is 83.9 Å². The molecule has 1 aromatic heterocycles. The van der Waals surface area contributed by atoms with Gasteiger partial charge in [0, 0.05) is 29.7 Å². The van der Waals surface area contributed by atoms with Crippen molar-refractivity contribution in [3.8, 4) is 5.75 Å². The number of aromatic nitrogens is 1. The molecule has 0 aliphatic heterocycles. The van der Waals surface area contributed by atoms with Gasteiger partial charge in [0.25, 0.3) is 0 Å². The van der Waals surface area contributed by atoms with E-state index in [0.717, 1.165) is 21.5 Å². The van der Waals surface area contributed by atoms with Crippen LogP contribution in [0.2, 0.25) is 0 Å². The topological polar surface area (TPSA) is 88.7 Å². The lowest BCUT2D eigenvalue weighted by Crippen LogP contribution is -2.39. The Hall–Kier alpha value is -3.78. The van der Waals surface area contributed by atoms with Gasteiger partial charge < -0.3 is 14.5 Å². The lowest BCUT2D eigenvalue weighted by Gasteiger charge is -2.30. The molecule has 7 nitrogen and oxygen atoms in total. The average molecular weight is 521 g/mol. The van der Waals surface area contributed by atoms with Crippen molar-refractivity contribution in [1.29, 1.82) is 0 Å². The van der Waals surface area contributed by atoms with Crippen LogP contribution in [0.25, 0.3) is 10.9 Å². The molecule has 0 fully saturated rings. The number of aromatic amines is 1. The molecule has 1 unspecified atom stereocenters. The van der Waals surface area contributed by atoms with Crippen LogP contribution in [0, 0.1) is 6.92 Å². The minimum Gasteiger partial charge on any atom is -0.489 e. The fourth-order valence-corrected chi connectivity index (χ4v) is 5.83. The first kappa shape index (κ1) is 26.3. The number of benzene rings is 3. The van der Waals surface area contributed by atoms with Crippen molar-refractivity contribution in [3.05, 3.63) is 95.7 Å². The maximum absolute atomic E-state index is 14.0. The summed E-state index contributed by atoms with van der Waals surface area (Å²) in [5.74, 6) is 0.587. The zero-order valence-corrected chi connectivity index (χ0v) is 22.5. The first-order valence-corrected chi connectivity index (χ1v) is 13.5. The molecule has 0 aliphatic rings. The van der Waals surface area contributed by atoms with Gasteiger partial charge >= 0.3 is 6.09 Å². The highest BCUT2D eigenvalue weighted by molar-refractivity contribution is 7.91. The number of aryl methyl sites for hydroxylation is 1. The summed E-state index contributed by atoms with van der Waals surface area (Å²) in [4.78, 5) is 17.5. The van der Waals surface area contributed by atoms with Gasteiger partial charge in [0.1, 0.15) is 18.0 Å². The second kappa shape index (κ2) is 10.3. The predicted octanol–water partition coefficient (Wildman–Crippen LogP) is 6.39. The molecule has 1 heterocycles. The zero-order chi connectivity index (χ0) is 26.8. The molecule has 8 heteroatoms. The van der Waals surface area contributed by atoms with Crippen LogP contribution in [0.1, 0.15) is 42.8 Å². The molecule has 3 aromatic carbocycles. The van der Waals surface area contributed by atoms with Gasteiger partial charge in [0.15, 0.2) is 5.37 Å². The summed E-state index contributed by atoms with van der Waals surface area (Å²) in [6, 6.07) is 21.8. The largest absolute Gasteiger partial charge is 0.489 e. The number of hydrogen-bond donors (Lipinski definition) is 1. The Morgan fingerprint density at radius 1 is 1.00 bits per heavy atom. The molecular formula is C29H32N2O5S. The van der Waals surface area contributed by atoms with Gasteiger partial charge in [-0.1, -0.05) is 48.0 Å². The normalized spacial score (nSPS) is 12.8. The molecule has 0 saturated heterocycles. The molecular weight excluding hydrogens is 488 g/mol. The first-order valence-electron chi connectivity index (χ1n) is 12.0. The quantitative estimate of drug-likeness (QED) is 0.305. The molecule has 0 saturated carbocycles. The number of hydrogen-bond acceptors (Lipinski definition) is 5. The van der Waals surface area contributed by atoms with Crippen molar-refractivity contribution in [2.45, 2.75) is 50.2 Å². The molecule has 37 heavy (non-hydrogen) atoms. The molecule has 0 aliphatic carbocycles. The Kier molecular flexibility index (Phi) is 7.32. The number of carbonyl (C=O) groups excluding carboxylic acids is 1. The third-order valence-corrected chi connectivity index (χ3v) is 7.96. The van der Waals surface area contributed by atoms with Crippen LogP contribution >= 0.6 is 0 Å². The van der Waals surface area contributed by atoms with Gasteiger partial charge in [-0.2, -0.15) is 0 Å². The van der Waals surface area contributed by atoms with Crippen molar-refractivity contribution in [2.75, 3.05) is 7.05 Å². The Bertz CT molecular complexity index is 1490. The summed E-state index contributed by atoms with van der Waals surface area (Å²) in [5, 5.41) is -0.690. The number of carbonyl (C=O) groups is 1. The van der Waals surface area contributed by atoms with Gasteiger partial charge in [-0.3, -0.25) is 4.90 Å². The van der Waals surface area contributed by atoms with E-state index in [0.29, 0.717) is 23.3 Å². The molecule has 1 N–H and O–H groups in total. The predicted molar refractivity (Wildman–Crippen MR) is 144 cm³/mol. The van der Waals surface area contributed by atoms with Crippen molar-refractivity contribution in [1.82, 2.24) is 9.88 Å². The van der Waals surface area contributed by atoms with Crippen LogP contribution in [-0.4, -0.2) is 37.0 Å². The number of nitrogens with zero attached hydrogens (tertiary/aromatic N) is 1. The highest BCUT2D eigenvalue weighted by atomic mass is 32.2. The van der Waals surface area contributed by atoms with Crippen LogP contribution < -0.4 is 4.74 Å². The van der Waals surface area contributed by atoms with Crippen LogP contribution in [-0.2, 0) is 21.2 Å². The van der Waals surface area contributed by atoms with Crippen molar-refractivity contribution >= 4 is 26.8 Å². The number of fused-ring (bicyclic) bond motifs is 1. The van der Waals surface area contributed by atoms with Crippen molar-refractivity contribution < 1.29 is 22.7 Å². The van der Waals surface area contributed by atoms with Crippen LogP contribution in [0.4, 0.5) is 4.79 Å². The minimum atomic E-state index is -4.04. The van der Waals surface area contributed by atoms with Gasteiger partial charge in [-0.15, -0.1) is 0 Å². The third-order valence-electron chi connectivity index (χ3n) is 5.88. The first-order chi connectivity index (χ1) is 17.5. The standard InChI is InChI=1S/C29H32N2O5S/c1-20-11-14-23(15-12-20)37(33,34)27(31(5)28(32)36-29(2,3)4)25-18-30-26-16-13-22(17-24(25)26)35-19-21-9-7-6-8-10-21/h6-18,27,30H,19H2,1-5H3. The van der Waals surface area contributed by atoms with Gasteiger partial charge in [0.2, 0.25) is 9.84 Å². The van der Waals surface area contributed by atoms with E-state index in [1.165, 1.54) is 7.05 Å². The molecule has 0 radical (unpaired) electrons. The van der Waals surface area contributed by atoms with E-state index in [2.05, 4.69) is 4.98 Å². The van der Waals surface area contributed by atoms with Crippen LogP contribution in [0.5, 0.6) is 5.75 Å². The Morgan fingerprint density at radius 3 is 2.32 bits per heavy atom. The monoisotopic (exact) mass is 520 g/mol. The van der Waals surface area contributed by atoms with Gasteiger partial charge in [-0.25, -0.2) is 13.2 Å². The lowest BCUT2D eigenvalue weighted by atomic mass is 10.1. The summed E-state index contributed by atoms with van der Waals surface area (Å²) in [6.07, 6.45) is 0.891. The number of ether oxygens (including phenoxy) is 2. The van der Waals surface area contributed by atoms with E-state index in [9.17, 15) is 13.2 Å². The van der Waals surface area contributed by atoms with Gasteiger partial charge in [0.05, 0.1) is 4.90 Å². The number of sulfone groups is 1. The van der Waals surface area contributed by atoms with Crippen LogP contribution in [0.3, 0.4) is 0 Å². The Labute approximate surface area is 217 Å². The summed E-state index contributed by atoms with van der Waals surface area (Å²) < 4.78 is 39.5.